The Hall–Kier alpha value is -2.29. The van der Waals surface area contributed by atoms with Crippen molar-refractivity contribution >= 4 is 37.5 Å². The number of nitrogens with zero attached hydrogens (tertiary/aromatic N) is 3. The summed E-state index contributed by atoms with van der Waals surface area (Å²) < 4.78 is 29.9. The zero-order chi connectivity index (χ0) is 23.3. The Labute approximate surface area is 194 Å². The molecule has 0 spiro atoms. The largest absolute Gasteiger partial charge is 0.316 e. The van der Waals surface area contributed by atoms with Gasteiger partial charge in [0.25, 0.3) is 5.91 Å². The maximum absolute atomic E-state index is 12.9. The number of sulfonamides is 1. The van der Waals surface area contributed by atoms with E-state index in [-0.39, 0.29) is 10.8 Å². The summed E-state index contributed by atoms with van der Waals surface area (Å²) in [4.78, 5) is 18.1. The smallest absolute Gasteiger partial charge is 0.279 e. The highest BCUT2D eigenvalue weighted by Gasteiger charge is 2.20. The molecular weight excluding hydrogens is 442 g/mol. The van der Waals surface area contributed by atoms with Crippen LogP contribution in [0.25, 0.3) is 10.2 Å². The lowest BCUT2D eigenvalue weighted by Crippen LogP contribution is -2.27. The van der Waals surface area contributed by atoms with Crippen LogP contribution in [-0.2, 0) is 23.0 Å². The first-order valence-electron chi connectivity index (χ1n) is 11.1. The number of carbonyl (C=O) groups excluding carboxylic acids is 1. The van der Waals surface area contributed by atoms with E-state index < -0.39 is 10.0 Å². The summed E-state index contributed by atoms with van der Waals surface area (Å²) >= 11 is 1.51. The fourth-order valence-electron chi connectivity index (χ4n) is 3.46. The summed E-state index contributed by atoms with van der Waals surface area (Å²) in [6, 6.07) is 12.4. The van der Waals surface area contributed by atoms with Crippen molar-refractivity contribution in [1.29, 1.82) is 0 Å². The Morgan fingerprint density at radius 1 is 1.06 bits per heavy atom. The van der Waals surface area contributed by atoms with E-state index in [1.807, 2.05) is 6.92 Å². The van der Waals surface area contributed by atoms with E-state index in [4.69, 9.17) is 0 Å². The van der Waals surface area contributed by atoms with Gasteiger partial charge in [0.05, 0.1) is 15.1 Å². The van der Waals surface area contributed by atoms with Gasteiger partial charge in [0.15, 0.2) is 4.80 Å². The Balaban J connectivity index is 1.93. The first kappa shape index (κ1) is 24.4. The van der Waals surface area contributed by atoms with Gasteiger partial charge in [-0.25, -0.2) is 12.7 Å². The Morgan fingerprint density at radius 2 is 1.78 bits per heavy atom. The van der Waals surface area contributed by atoms with Gasteiger partial charge >= 0.3 is 0 Å². The molecule has 0 aliphatic rings. The molecule has 0 N–H and O–H groups in total. The molecule has 3 rings (SSSR count). The first-order valence-corrected chi connectivity index (χ1v) is 13.3. The van der Waals surface area contributed by atoms with Crippen LogP contribution in [-0.4, -0.2) is 36.8 Å². The van der Waals surface area contributed by atoms with Crippen LogP contribution in [0.3, 0.4) is 0 Å². The van der Waals surface area contributed by atoms with Gasteiger partial charge in [0, 0.05) is 25.7 Å². The number of amides is 1. The Bertz CT molecular complexity index is 1260. The van der Waals surface area contributed by atoms with E-state index in [2.05, 4.69) is 41.6 Å². The number of fused-ring (bicyclic) bond motifs is 1. The van der Waals surface area contributed by atoms with Crippen molar-refractivity contribution in [2.45, 2.75) is 57.9 Å². The molecular formula is C24H31N3O3S2. The number of carbonyl (C=O) groups is 1. The number of rotatable bonds is 9. The Morgan fingerprint density at radius 3 is 2.41 bits per heavy atom. The number of unbranched alkanes of at least 4 members (excludes halogenated alkanes) is 1. The molecule has 172 valence electrons. The number of aromatic nitrogens is 1. The highest BCUT2D eigenvalue weighted by Crippen LogP contribution is 2.21. The predicted molar refractivity (Wildman–Crippen MR) is 131 cm³/mol. The second kappa shape index (κ2) is 10.6. The maximum Gasteiger partial charge on any atom is 0.279 e. The summed E-state index contributed by atoms with van der Waals surface area (Å²) in [7, 11) is -1.98. The lowest BCUT2D eigenvalue weighted by Gasteiger charge is -2.16. The van der Waals surface area contributed by atoms with Crippen molar-refractivity contribution in [3.63, 3.8) is 0 Å². The molecule has 0 atom stereocenters. The minimum Gasteiger partial charge on any atom is -0.316 e. The second-order valence-corrected chi connectivity index (χ2v) is 10.9. The number of thiazole rings is 1. The molecule has 1 amide bonds. The van der Waals surface area contributed by atoms with Crippen LogP contribution in [0.2, 0.25) is 0 Å². The lowest BCUT2D eigenvalue weighted by atomic mass is 10.2. The van der Waals surface area contributed by atoms with Crippen LogP contribution >= 0.6 is 11.3 Å². The first-order chi connectivity index (χ1) is 15.3. The van der Waals surface area contributed by atoms with E-state index in [0.717, 1.165) is 42.4 Å². The van der Waals surface area contributed by atoms with E-state index in [0.29, 0.717) is 16.9 Å². The van der Waals surface area contributed by atoms with Crippen molar-refractivity contribution in [3.05, 3.63) is 58.4 Å². The Kier molecular flexibility index (Phi) is 8.03. The molecule has 0 saturated heterocycles. The predicted octanol–water partition coefficient (Wildman–Crippen LogP) is 4.84. The topological polar surface area (TPSA) is 71.7 Å². The minimum absolute atomic E-state index is 0.183. The van der Waals surface area contributed by atoms with Crippen LogP contribution in [0.4, 0.5) is 0 Å². The van der Waals surface area contributed by atoms with Gasteiger partial charge in [0.1, 0.15) is 0 Å². The average Bonchev–Trinajstić information content (AvgIpc) is 3.13. The third kappa shape index (κ3) is 5.19. The van der Waals surface area contributed by atoms with Gasteiger partial charge in [-0.2, -0.15) is 4.99 Å². The number of benzene rings is 2. The lowest BCUT2D eigenvalue weighted by molar-refractivity contribution is 0.0997. The zero-order valence-electron chi connectivity index (χ0n) is 19.2. The van der Waals surface area contributed by atoms with Crippen molar-refractivity contribution in [3.8, 4) is 0 Å². The van der Waals surface area contributed by atoms with E-state index in [1.54, 1.807) is 19.2 Å². The normalized spacial score (nSPS) is 12.7. The molecule has 6 nitrogen and oxygen atoms in total. The highest BCUT2D eigenvalue weighted by atomic mass is 32.2. The van der Waals surface area contributed by atoms with Gasteiger partial charge in [-0.15, -0.1) is 0 Å². The third-order valence-corrected chi connectivity index (χ3v) is 8.35. The quantitative estimate of drug-likeness (QED) is 0.447. The molecule has 0 saturated carbocycles. The molecule has 0 unspecified atom stereocenters. The molecule has 0 radical (unpaired) electrons. The molecule has 0 fully saturated rings. The molecule has 1 aromatic heterocycles. The van der Waals surface area contributed by atoms with Crippen molar-refractivity contribution in [2.24, 2.45) is 4.99 Å². The van der Waals surface area contributed by atoms with Crippen molar-refractivity contribution < 1.29 is 13.2 Å². The summed E-state index contributed by atoms with van der Waals surface area (Å²) in [5.41, 5.74) is 2.70. The minimum atomic E-state index is -3.56. The molecule has 2 aromatic carbocycles. The molecule has 32 heavy (non-hydrogen) atoms. The van der Waals surface area contributed by atoms with Crippen LogP contribution in [0.1, 0.15) is 56.0 Å². The summed E-state index contributed by atoms with van der Waals surface area (Å²) in [5, 5.41) is 0. The highest BCUT2D eigenvalue weighted by molar-refractivity contribution is 7.89. The number of hydrogen-bond donors (Lipinski definition) is 0. The summed E-state index contributed by atoms with van der Waals surface area (Å²) in [5.74, 6) is -0.375. The standard InChI is InChI=1S/C24H31N3O3S2/c1-5-8-16-26(4)32(29,30)20-12-10-19(11-13-20)23(28)25-24-27(15-6-2)21-14-9-18(7-3)17-22(21)31-24/h9-14,17H,5-8,15-16H2,1-4H3. The zero-order valence-corrected chi connectivity index (χ0v) is 20.8. The summed E-state index contributed by atoms with van der Waals surface area (Å²) in [6.07, 6.45) is 3.61. The molecule has 3 aromatic rings. The van der Waals surface area contributed by atoms with Crippen LogP contribution in [0, 0.1) is 0 Å². The van der Waals surface area contributed by atoms with E-state index in [1.165, 1.54) is 33.3 Å². The van der Waals surface area contributed by atoms with Crippen LogP contribution < -0.4 is 4.80 Å². The van der Waals surface area contributed by atoms with Gasteiger partial charge < -0.3 is 4.57 Å². The van der Waals surface area contributed by atoms with Gasteiger partial charge in [-0.05, 0) is 61.2 Å². The number of aryl methyl sites for hydroxylation is 2. The average molecular weight is 474 g/mol. The van der Waals surface area contributed by atoms with Gasteiger partial charge in [-0.1, -0.05) is 44.6 Å². The van der Waals surface area contributed by atoms with Crippen molar-refractivity contribution in [2.75, 3.05) is 13.6 Å². The van der Waals surface area contributed by atoms with E-state index in [9.17, 15) is 13.2 Å². The number of hydrogen-bond acceptors (Lipinski definition) is 4. The maximum atomic E-state index is 12.9. The second-order valence-electron chi connectivity index (χ2n) is 7.81. The van der Waals surface area contributed by atoms with Gasteiger partial charge in [0.2, 0.25) is 10.0 Å². The third-order valence-electron chi connectivity index (χ3n) is 5.44. The molecule has 1 heterocycles. The van der Waals surface area contributed by atoms with Crippen molar-refractivity contribution in [1.82, 2.24) is 8.87 Å². The SMILES string of the molecule is CCCCN(C)S(=O)(=O)c1ccc(C(=O)N=c2sc3cc(CC)ccc3n2CCC)cc1. The van der Waals surface area contributed by atoms with Crippen LogP contribution in [0.15, 0.2) is 52.4 Å². The van der Waals surface area contributed by atoms with Gasteiger partial charge in [-0.3, -0.25) is 4.79 Å². The summed E-state index contributed by atoms with van der Waals surface area (Å²) in [6.45, 7) is 7.49. The molecule has 8 heteroatoms. The fourth-order valence-corrected chi connectivity index (χ4v) is 5.79. The fraction of sp³-hybridized carbons (Fsp3) is 0.417. The molecule has 0 bridgehead atoms. The van der Waals surface area contributed by atoms with E-state index >= 15 is 0 Å². The molecule has 0 aliphatic carbocycles. The van der Waals surface area contributed by atoms with Crippen LogP contribution in [0.5, 0.6) is 0 Å². The monoisotopic (exact) mass is 473 g/mol. The molecule has 0 aliphatic heterocycles.